The number of aryl methyl sites for hydroxylation is 1. The van der Waals surface area contributed by atoms with Crippen molar-refractivity contribution in [2.45, 2.75) is 45.3 Å². The summed E-state index contributed by atoms with van der Waals surface area (Å²) in [7, 11) is 0. The molecule has 2 N–H and O–H groups in total. The van der Waals surface area contributed by atoms with E-state index in [0.717, 1.165) is 36.5 Å². The van der Waals surface area contributed by atoms with E-state index in [-0.39, 0.29) is 18.2 Å². The molecule has 0 aliphatic carbocycles. The Morgan fingerprint density at radius 1 is 1.40 bits per heavy atom. The molecule has 1 aliphatic heterocycles. The molecule has 2 aromatic rings. The molecule has 2 heterocycles. The molecule has 0 saturated carbocycles. The standard InChI is InChI=1S/C19H26N4O2/c1-14(21-19(24)20-13-18-9-6-10-25-18)11-17-12-15(2)22-23(17)16-7-4-3-5-8-16/h3-5,7-8,12,14,18H,6,9-11,13H2,1-2H3,(H2,20,21,24)/t14-,18+/m1/s1. The van der Waals surface area contributed by atoms with E-state index in [1.165, 1.54) is 0 Å². The number of carbonyl (C=O) groups is 1. The minimum Gasteiger partial charge on any atom is -0.376 e. The number of aromatic nitrogens is 2. The Morgan fingerprint density at radius 2 is 2.20 bits per heavy atom. The van der Waals surface area contributed by atoms with Gasteiger partial charge in [0.1, 0.15) is 0 Å². The first-order chi connectivity index (χ1) is 12.1. The van der Waals surface area contributed by atoms with Gasteiger partial charge in [-0.2, -0.15) is 5.10 Å². The van der Waals surface area contributed by atoms with Crippen molar-refractivity contribution in [3.05, 3.63) is 47.8 Å². The fraction of sp³-hybridized carbons (Fsp3) is 0.474. The molecular formula is C19H26N4O2. The summed E-state index contributed by atoms with van der Waals surface area (Å²) in [5.74, 6) is 0. The topological polar surface area (TPSA) is 68.2 Å². The Hall–Kier alpha value is -2.34. The van der Waals surface area contributed by atoms with Crippen molar-refractivity contribution < 1.29 is 9.53 Å². The third kappa shape index (κ3) is 4.82. The number of amides is 2. The molecule has 0 spiro atoms. The molecule has 2 atom stereocenters. The Kier molecular flexibility index (Phi) is 5.71. The van der Waals surface area contributed by atoms with E-state index < -0.39 is 0 Å². The summed E-state index contributed by atoms with van der Waals surface area (Å²) in [6.07, 6.45) is 2.96. The maximum Gasteiger partial charge on any atom is 0.315 e. The highest BCUT2D eigenvalue weighted by atomic mass is 16.5. The summed E-state index contributed by atoms with van der Waals surface area (Å²) in [4.78, 5) is 12.1. The van der Waals surface area contributed by atoms with Crippen LogP contribution in [0.1, 0.15) is 31.2 Å². The van der Waals surface area contributed by atoms with Crippen LogP contribution in [0.4, 0.5) is 4.79 Å². The van der Waals surface area contributed by atoms with Gasteiger partial charge < -0.3 is 15.4 Å². The van der Waals surface area contributed by atoms with E-state index in [4.69, 9.17) is 4.74 Å². The van der Waals surface area contributed by atoms with Gasteiger partial charge in [-0.1, -0.05) is 18.2 Å². The number of nitrogens with one attached hydrogen (secondary N) is 2. The fourth-order valence-corrected chi connectivity index (χ4v) is 3.14. The van der Waals surface area contributed by atoms with E-state index in [9.17, 15) is 4.79 Å². The zero-order chi connectivity index (χ0) is 17.6. The number of urea groups is 1. The van der Waals surface area contributed by atoms with Gasteiger partial charge >= 0.3 is 6.03 Å². The van der Waals surface area contributed by atoms with E-state index >= 15 is 0 Å². The van der Waals surface area contributed by atoms with Gasteiger partial charge in [0.2, 0.25) is 0 Å². The lowest BCUT2D eigenvalue weighted by molar-refractivity contribution is 0.111. The van der Waals surface area contributed by atoms with Crippen LogP contribution < -0.4 is 10.6 Å². The minimum absolute atomic E-state index is 0.00283. The van der Waals surface area contributed by atoms with Crippen LogP contribution in [0.3, 0.4) is 0 Å². The summed E-state index contributed by atoms with van der Waals surface area (Å²) in [5, 5.41) is 10.5. The number of hydrogen-bond donors (Lipinski definition) is 2. The first-order valence-corrected chi connectivity index (χ1v) is 8.89. The van der Waals surface area contributed by atoms with Crippen molar-refractivity contribution in [3.63, 3.8) is 0 Å². The lowest BCUT2D eigenvalue weighted by Crippen LogP contribution is -2.44. The number of carbonyl (C=O) groups excluding carboxylic acids is 1. The summed E-state index contributed by atoms with van der Waals surface area (Å²) in [6.45, 7) is 5.35. The predicted octanol–water partition coefficient (Wildman–Crippen LogP) is 2.59. The average Bonchev–Trinajstić information content (AvgIpc) is 3.23. The molecule has 1 saturated heterocycles. The molecule has 0 radical (unpaired) electrons. The quantitative estimate of drug-likeness (QED) is 0.848. The second-order valence-corrected chi connectivity index (χ2v) is 6.62. The monoisotopic (exact) mass is 342 g/mol. The zero-order valence-electron chi connectivity index (χ0n) is 14.9. The average molecular weight is 342 g/mol. The summed E-state index contributed by atoms with van der Waals surface area (Å²) >= 11 is 0. The van der Waals surface area contributed by atoms with Gasteiger partial charge in [-0.05, 0) is 44.9 Å². The van der Waals surface area contributed by atoms with Crippen molar-refractivity contribution in [3.8, 4) is 5.69 Å². The van der Waals surface area contributed by atoms with Crippen molar-refractivity contribution in [2.75, 3.05) is 13.2 Å². The Balaban J connectivity index is 1.55. The Morgan fingerprint density at radius 3 is 2.92 bits per heavy atom. The first kappa shape index (κ1) is 17.5. The summed E-state index contributed by atoms with van der Waals surface area (Å²) < 4.78 is 7.46. The number of ether oxygens (including phenoxy) is 1. The highest BCUT2D eigenvalue weighted by Crippen LogP contribution is 2.14. The molecule has 6 heteroatoms. The Bertz CT molecular complexity index is 693. The van der Waals surface area contributed by atoms with E-state index in [1.807, 2.05) is 48.9 Å². The van der Waals surface area contributed by atoms with Crippen LogP contribution >= 0.6 is 0 Å². The maximum atomic E-state index is 12.1. The van der Waals surface area contributed by atoms with Gasteiger partial charge in [0.15, 0.2) is 0 Å². The molecule has 134 valence electrons. The highest BCUT2D eigenvalue weighted by molar-refractivity contribution is 5.74. The molecule has 1 fully saturated rings. The molecule has 1 aromatic carbocycles. The van der Waals surface area contributed by atoms with Crippen LogP contribution in [0.15, 0.2) is 36.4 Å². The van der Waals surface area contributed by atoms with Gasteiger partial charge in [0.25, 0.3) is 0 Å². The number of nitrogens with zero attached hydrogens (tertiary/aromatic N) is 2. The fourth-order valence-electron chi connectivity index (χ4n) is 3.14. The number of benzene rings is 1. The second-order valence-electron chi connectivity index (χ2n) is 6.62. The smallest absolute Gasteiger partial charge is 0.315 e. The number of hydrogen-bond acceptors (Lipinski definition) is 3. The lowest BCUT2D eigenvalue weighted by Gasteiger charge is -2.17. The van der Waals surface area contributed by atoms with Crippen LogP contribution in [0, 0.1) is 6.92 Å². The van der Waals surface area contributed by atoms with Crippen molar-refractivity contribution in [1.29, 1.82) is 0 Å². The normalized spacial score (nSPS) is 18.1. The molecule has 3 rings (SSSR count). The number of rotatable bonds is 6. The lowest BCUT2D eigenvalue weighted by atomic mass is 10.1. The van der Waals surface area contributed by atoms with Gasteiger partial charge in [-0.15, -0.1) is 0 Å². The highest BCUT2D eigenvalue weighted by Gasteiger charge is 2.17. The maximum absolute atomic E-state index is 12.1. The SMILES string of the molecule is Cc1cc(C[C@@H](C)NC(=O)NC[C@@H]2CCCO2)n(-c2ccccc2)n1. The van der Waals surface area contributed by atoms with E-state index in [2.05, 4.69) is 21.8 Å². The van der Waals surface area contributed by atoms with Gasteiger partial charge in [-0.3, -0.25) is 0 Å². The van der Waals surface area contributed by atoms with Gasteiger partial charge in [0, 0.05) is 31.3 Å². The van der Waals surface area contributed by atoms with Gasteiger partial charge in [0.05, 0.1) is 17.5 Å². The molecule has 6 nitrogen and oxygen atoms in total. The van der Waals surface area contributed by atoms with Crippen molar-refractivity contribution in [1.82, 2.24) is 20.4 Å². The van der Waals surface area contributed by atoms with Crippen molar-refractivity contribution >= 4 is 6.03 Å². The van der Waals surface area contributed by atoms with Crippen LogP contribution in [-0.2, 0) is 11.2 Å². The molecule has 0 unspecified atom stereocenters. The molecule has 0 bridgehead atoms. The minimum atomic E-state index is -0.148. The molecule has 25 heavy (non-hydrogen) atoms. The molecule has 1 aliphatic rings. The van der Waals surface area contributed by atoms with E-state index in [1.54, 1.807) is 0 Å². The number of para-hydroxylation sites is 1. The largest absolute Gasteiger partial charge is 0.376 e. The van der Waals surface area contributed by atoms with Gasteiger partial charge in [-0.25, -0.2) is 9.48 Å². The van der Waals surface area contributed by atoms with Crippen LogP contribution in [0.5, 0.6) is 0 Å². The molecule has 2 amide bonds. The van der Waals surface area contributed by atoms with Crippen LogP contribution in [-0.4, -0.2) is 41.1 Å². The predicted molar refractivity (Wildman–Crippen MR) is 97.0 cm³/mol. The van der Waals surface area contributed by atoms with E-state index in [0.29, 0.717) is 13.0 Å². The first-order valence-electron chi connectivity index (χ1n) is 8.89. The molecular weight excluding hydrogens is 316 g/mol. The summed E-state index contributed by atoms with van der Waals surface area (Å²) in [6, 6.07) is 12.0. The summed E-state index contributed by atoms with van der Waals surface area (Å²) in [5.41, 5.74) is 3.07. The zero-order valence-corrected chi connectivity index (χ0v) is 14.9. The Labute approximate surface area is 148 Å². The van der Waals surface area contributed by atoms with Crippen LogP contribution in [0.25, 0.3) is 5.69 Å². The molecule has 1 aromatic heterocycles. The third-order valence-corrected chi connectivity index (χ3v) is 4.31. The van der Waals surface area contributed by atoms with Crippen molar-refractivity contribution in [2.24, 2.45) is 0 Å². The second kappa shape index (κ2) is 8.16. The third-order valence-electron chi connectivity index (χ3n) is 4.31. The van der Waals surface area contributed by atoms with Crippen LogP contribution in [0.2, 0.25) is 0 Å².